The Morgan fingerprint density at radius 1 is 1.19 bits per heavy atom. The average molecular weight is 477 g/mol. The van der Waals surface area contributed by atoms with Crippen LogP contribution in [-0.4, -0.2) is 26.1 Å². The van der Waals surface area contributed by atoms with Crippen LogP contribution in [0.3, 0.4) is 0 Å². The first-order valence-corrected chi connectivity index (χ1v) is 10.9. The standard InChI is InChI=1S/C22H18Cl2N2O4S/c1-29-15-7-4-12(5-8-15)18-16(10-25)21(26-20(27)19(18)22(28)30-2)31-11-13-3-6-14(23)9-17(13)24/h3-9,18-19H,11H2,1-2H3,(H,26,27). The van der Waals surface area contributed by atoms with Gasteiger partial charge in [0.05, 0.1) is 30.9 Å². The molecule has 160 valence electrons. The Hall–Kier alpha value is -2.66. The zero-order valence-corrected chi connectivity index (χ0v) is 19.0. The maximum atomic E-state index is 12.9. The van der Waals surface area contributed by atoms with Crippen LogP contribution in [0.25, 0.3) is 0 Å². The molecular formula is C22H18Cl2N2O4S. The number of halogens is 2. The SMILES string of the molecule is COC(=O)C1C(=O)NC(SCc2ccc(Cl)cc2Cl)=C(C#N)C1c1ccc(OC)cc1. The van der Waals surface area contributed by atoms with Gasteiger partial charge < -0.3 is 14.8 Å². The molecule has 0 aliphatic carbocycles. The Morgan fingerprint density at radius 2 is 1.90 bits per heavy atom. The van der Waals surface area contributed by atoms with Crippen LogP contribution in [-0.2, 0) is 20.1 Å². The first-order valence-electron chi connectivity index (χ1n) is 9.13. The van der Waals surface area contributed by atoms with E-state index < -0.39 is 23.7 Å². The van der Waals surface area contributed by atoms with Crippen molar-refractivity contribution in [2.45, 2.75) is 11.7 Å². The highest BCUT2D eigenvalue weighted by atomic mass is 35.5. The lowest BCUT2D eigenvalue weighted by molar-refractivity contribution is -0.150. The van der Waals surface area contributed by atoms with Gasteiger partial charge in [0.25, 0.3) is 0 Å². The second kappa shape index (κ2) is 10.1. The molecule has 0 saturated carbocycles. The van der Waals surface area contributed by atoms with Crippen LogP contribution < -0.4 is 10.1 Å². The Kier molecular flexibility index (Phi) is 7.50. The highest BCUT2D eigenvalue weighted by Gasteiger charge is 2.44. The summed E-state index contributed by atoms with van der Waals surface area (Å²) in [5, 5.41) is 14.0. The van der Waals surface area contributed by atoms with Crippen LogP contribution in [0.15, 0.2) is 53.1 Å². The summed E-state index contributed by atoms with van der Waals surface area (Å²) in [5.41, 5.74) is 1.70. The van der Waals surface area contributed by atoms with E-state index >= 15 is 0 Å². The van der Waals surface area contributed by atoms with Gasteiger partial charge in [0, 0.05) is 21.7 Å². The number of hydrogen-bond donors (Lipinski definition) is 1. The van der Waals surface area contributed by atoms with E-state index in [1.165, 1.54) is 26.0 Å². The summed E-state index contributed by atoms with van der Waals surface area (Å²) >= 11 is 13.4. The number of allylic oxidation sites excluding steroid dienone is 1. The molecule has 1 N–H and O–H groups in total. The van der Waals surface area contributed by atoms with Crippen molar-refractivity contribution >= 4 is 46.8 Å². The first kappa shape index (κ1) is 23.0. The topological polar surface area (TPSA) is 88.4 Å². The Labute approximate surface area is 194 Å². The molecule has 31 heavy (non-hydrogen) atoms. The summed E-state index contributed by atoms with van der Waals surface area (Å²) in [7, 11) is 2.75. The second-order valence-corrected chi connectivity index (χ2v) is 8.45. The number of nitriles is 1. The van der Waals surface area contributed by atoms with Crippen molar-refractivity contribution in [3.63, 3.8) is 0 Å². The van der Waals surface area contributed by atoms with Gasteiger partial charge in [0.15, 0.2) is 0 Å². The lowest BCUT2D eigenvalue weighted by Gasteiger charge is -2.31. The Balaban J connectivity index is 2.02. The lowest BCUT2D eigenvalue weighted by atomic mass is 9.78. The molecule has 1 amide bonds. The molecule has 0 bridgehead atoms. The molecule has 0 saturated heterocycles. The van der Waals surface area contributed by atoms with Crippen molar-refractivity contribution in [1.29, 1.82) is 5.26 Å². The summed E-state index contributed by atoms with van der Waals surface area (Å²) in [5.74, 6) is -2.20. The van der Waals surface area contributed by atoms with Gasteiger partial charge in [0.2, 0.25) is 5.91 Å². The quantitative estimate of drug-likeness (QED) is 0.481. The number of benzene rings is 2. The zero-order valence-electron chi connectivity index (χ0n) is 16.6. The van der Waals surface area contributed by atoms with Crippen molar-refractivity contribution in [2.75, 3.05) is 14.2 Å². The van der Waals surface area contributed by atoms with E-state index in [1.807, 2.05) is 0 Å². The van der Waals surface area contributed by atoms with E-state index in [4.69, 9.17) is 32.7 Å². The van der Waals surface area contributed by atoms with Gasteiger partial charge in [-0.1, -0.05) is 41.4 Å². The number of methoxy groups -OCH3 is 2. The second-order valence-electron chi connectivity index (χ2n) is 6.62. The third kappa shape index (κ3) is 4.99. The third-order valence-electron chi connectivity index (χ3n) is 4.85. The van der Waals surface area contributed by atoms with E-state index in [9.17, 15) is 14.9 Å². The minimum Gasteiger partial charge on any atom is -0.497 e. The molecule has 9 heteroatoms. The maximum absolute atomic E-state index is 12.9. The maximum Gasteiger partial charge on any atom is 0.319 e. The van der Waals surface area contributed by atoms with Crippen molar-refractivity contribution in [3.8, 4) is 11.8 Å². The van der Waals surface area contributed by atoms with Gasteiger partial charge in [-0.25, -0.2) is 0 Å². The van der Waals surface area contributed by atoms with Crippen LogP contribution in [0.1, 0.15) is 17.0 Å². The van der Waals surface area contributed by atoms with Crippen molar-refractivity contribution in [1.82, 2.24) is 5.32 Å². The summed E-state index contributed by atoms with van der Waals surface area (Å²) < 4.78 is 10.0. The summed E-state index contributed by atoms with van der Waals surface area (Å²) in [6, 6.07) is 14.2. The number of carbonyl (C=O) groups excluding carboxylic acids is 2. The van der Waals surface area contributed by atoms with Gasteiger partial charge in [-0.2, -0.15) is 5.26 Å². The fraction of sp³-hybridized carbons (Fsp3) is 0.227. The van der Waals surface area contributed by atoms with Crippen LogP contribution in [0.2, 0.25) is 10.0 Å². The van der Waals surface area contributed by atoms with E-state index in [-0.39, 0.29) is 5.57 Å². The number of nitrogens with zero attached hydrogens (tertiary/aromatic N) is 1. The van der Waals surface area contributed by atoms with Crippen molar-refractivity contribution in [3.05, 3.63) is 74.2 Å². The van der Waals surface area contributed by atoms with Crippen LogP contribution >= 0.6 is 35.0 Å². The minimum atomic E-state index is -1.18. The Bertz CT molecular complexity index is 1080. The predicted molar refractivity (Wildman–Crippen MR) is 120 cm³/mol. The largest absolute Gasteiger partial charge is 0.497 e. The minimum absolute atomic E-state index is 0.273. The van der Waals surface area contributed by atoms with E-state index in [0.717, 1.165) is 5.56 Å². The third-order valence-corrected chi connectivity index (χ3v) is 6.50. The molecule has 1 aliphatic heterocycles. The van der Waals surface area contributed by atoms with Gasteiger partial charge >= 0.3 is 5.97 Å². The Morgan fingerprint density at radius 3 is 2.48 bits per heavy atom. The van der Waals surface area contributed by atoms with Crippen molar-refractivity contribution < 1.29 is 19.1 Å². The van der Waals surface area contributed by atoms with Crippen molar-refractivity contribution in [2.24, 2.45) is 5.92 Å². The lowest BCUT2D eigenvalue weighted by Crippen LogP contribution is -2.44. The highest BCUT2D eigenvalue weighted by Crippen LogP contribution is 2.41. The first-order chi connectivity index (χ1) is 14.9. The summed E-state index contributed by atoms with van der Waals surface area (Å²) in [6.45, 7) is 0. The molecule has 2 atom stereocenters. The van der Waals surface area contributed by atoms with E-state index in [0.29, 0.717) is 32.1 Å². The molecule has 0 fully saturated rings. The molecule has 2 aromatic rings. The number of amides is 1. The molecule has 2 aromatic carbocycles. The smallest absolute Gasteiger partial charge is 0.319 e. The van der Waals surface area contributed by atoms with E-state index in [1.54, 1.807) is 42.5 Å². The van der Waals surface area contributed by atoms with Gasteiger partial charge in [-0.15, -0.1) is 11.8 Å². The molecule has 0 radical (unpaired) electrons. The number of esters is 1. The molecule has 1 aliphatic rings. The molecule has 3 rings (SSSR count). The van der Waals surface area contributed by atoms with Crippen LogP contribution in [0.5, 0.6) is 5.75 Å². The number of thioether (sulfide) groups is 1. The fourth-order valence-electron chi connectivity index (χ4n) is 3.28. The fourth-order valence-corrected chi connectivity index (χ4v) is 4.89. The number of nitrogens with one attached hydrogen (secondary N) is 1. The van der Waals surface area contributed by atoms with Gasteiger partial charge in [-0.3, -0.25) is 9.59 Å². The summed E-state index contributed by atoms with van der Waals surface area (Å²) in [4.78, 5) is 25.3. The number of ether oxygens (including phenoxy) is 2. The number of hydrogen-bond acceptors (Lipinski definition) is 6. The zero-order chi connectivity index (χ0) is 22.5. The highest BCUT2D eigenvalue weighted by molar-refractivity contribution is 8.02. The molecule has 6 nitrogen and oxygen atoms in total. The van der Waals surface area contributed by atoms with Gasteiger partial charge in [0.1, 0.15) is 11.7 Å². The summed E-state index contributed by atoms with van der Waals surface area (Å²) in [6.07, 6.45) is 0. The molecule has 2 unspecified atom stereocenters. The molecule has 0 aromatic heterocycles. The van der Waals surface area contributed by atoms with Crippen LogP contribution in [0, 0.1) is 17.2 Å². The number of rotatable bonds is 6. The predicted octanol–water partition coefficient (Wildman–Crippen LogP) is 4.67. The molecule has 1 heterocycles. The van der Waals surface area contributed by atoms with Crippen LogP contribution in [0.4, 0.5) is 0 Å². The molecule has 0 spiro atoms. The average Bonchev–Trinajstić information content (AvgIpc) is 2.77. The normalized spacial score (nSPS) is 18.2. The monoisotopic (exact) mass is 476 g/mol. The number of carbonyl (C=O) groups is 2. The van der Waals surface area contributed by atoms with Gasteiger partial charge in [-0.05, 0) is 35.4 Å². The van der Waals surface area contributed by atoms with E-state index in [2.05, 4.69) is 11.4 Å². The molecular weight excluding hydrogens is 459 g/mol.